The van der Waals surface area contributed by atoms with Gasteiger partial charge in [-0.05, 0) is 54.7 Å². The monoisotopic (exact) mass is 391 g/mol. The van der Waals surface area contributed by atoms with Crippen molar-refractivity contribution in [2.45, 2.75) is 25.8 Å². The average molecular weight is 391 g/mol. The first-order valence-corrected chi connectivity index (χ1v) is 10.4. The number of rotatable bonds is 5. The number of ether oxygens (including phenoxy) is 1. The average Bonchev–Trinajstić information content (AvgIpc) is 3.00. The van der Waals surface area contributed by atoms with Crippen LogP contribution in [0.2, 0.25) is 0 Å². The van der Waals surface area contributed by atoms with Gasteiger partial charge in [0.1, 0.15) is 0 Å². The van der Waals surface area contributed by atoms with Crippen LogP contribution < -0.4 is 4.74 Å². The molecule has 0 radical (unpaired) electrons. The van der Waals surface area contributed by atoms with Gasteiger partial charge >= 0.3 is 0 Å². The lowest BCUT2D eigenvalue weighted by Gasteiger charge is -2.37. The van der Waals surface area contributed by atoms with Crippen LogP contribution in [0.1, 0.15) is 35.4 Å². The maximum Gasteiger partial charge on any atom is 0.213 e. The minimum atomic E-state index is -0.204. The molecule has 3 heterocycles. The predicted molar refractivity (Wildman–Crippen MR) is 114 cm³/mol. The summed E-state index contributed by atoms with van der Waals surface area (Å²) in [6, 6.07) is 12.9. The van der Waals surface area contributed by atoms with E-state index >= 15 is 0 Å². The van der Waals surface area contributed by atoms with Crippen molar-refractivity contribution in [3.05, 3.63) is 65.0 Å². The summed E-state index contributed by atoms with van der Waals surface area (Å²) in [5.74, 6) is 0.900. The van der Waals surface area contributed by atoms with Gasteiger partial charge in [0, 0.05) is 53.8 Å². The van der Waals surface area contributed by atoms with Gasteiger partial charge < -0.3 is 9.72 Å². The van der Waals surface area contributed by atoms with Crippen LogP contribution in [0.25, 0.3) is 16.5 Å². The largest absolute Gasteiger partial charge is 0.481 e. The maximum atomic E-state index is 12.7. The van der Waals surface area contributed by atoms with E-state index in [0.29, 0.717) is 5.88 Å². The number of halogens is 1. The van der Waals surface area contributed by atoms with E-state index in [9.17, 15) is 4.39 Å². The molecule has 2 aromatic heterocycles. The van der Waals surface area contributed by atoms with Gasteiger partial charge in [-0.1, -0.05) is 12.1 Å². The lowest BCUT2D eigenvalue weighted by atomic mass is 9.96. The molecule has 0 bridgehead atoms. The van der Waals surface area contributed by atoms with Crippen molar-refractivity contribution in [1.82, 2.24) is 14.9 Å². The number of alkyl halides is 1. The topological polar surface area (TPSA) is 41.1 Å². The molecule has 1 N–H and O–H groups in total. The second-order valence-corrected chi connectivity index (χ2v) is 8.17. The van der Waals surface area contributed by atoms with Crippen LogP contribution in [0.5, 0.6) is 5.88 Å². The highest BCUT2D eigenvalue weighted by Crippen LogP contribution is 2.33. The highest BCUT2D eigenvalue weighted by Gasteiger charge is 2.26. The van der Waals surface area contributed by atoms with Crippen LogP contribution in [0.4, 0.5) is 4.39 Å². The quantitative estimate of drug-likeness (QED) is 0.683. The number of hydrogen-bond acceptors (Lipinski definition) is 3. The normalized spacial score (nSPS) is 17.5. The minimum Gasteiger partial charge on any atom is -0.481 e. The van der Waals surface area contributed by atoms with Crippen LogP contribution >= 0.6 is 0 Å². The summed E-state index contributed by atoms with van der Waals surface area (Å²) < 4.78 is 18.0. The van der Waals surface area contributed by atoms with Crippen LogP contribution in [-0.4, -0.2) is 41.7 Å². The van der Waals surface area contributed by atoms with Gasteiger partial charge in [0.15, 0.2) is 0 Å². The van der Waals surface area contributed by atoms with Crippen LogP contribution in [0.3, 0.4) is 0 Å². The number of nitrogens with zero attached hydrogens (tertiary/aromatic N) is 2. The minimum absolute atomic E-state index is 0.204. The number of methoxy groups -OCH3 is 1. The molecular formula is C24H26FN3O. The first kappa shape index (κ1) is 18.4. The molecule has 1 fully saturated rings. The highest BCUT2D eigenvalue weighted by atomic mass is 19.1. The van der Waals surface area contributed by atoms with E-state index in [-0.39, 0.29) is 12.6 Å². The molecule has 3 aromatic rings. The molecule has 0 atom stereocenters. The zero-order chi connectivity index (χ0) is 19.8. The van der Waals surface area contributed by atoms with Gasteiger partial charge in [-0.3, -0.25) is 9.29 Å². The van der Waals surface area contributed by atoms with Gasteiger partial charge in [0.05, 0.1) is 19.5 Å². The van der Waals surface area contributed by atoms with E-state index < -0.39 is 0 Å². The summed E-state index contributed by atoms with van der Waals surface area (Å²) in [6.07, 6.45) is 5.46. The van der Waals surface area contributed by atoms with Crippen LogP contribution in [0.15, 0.2) is 42.5 Å². The number of benzene rings is 1. The highest BCUT2D eigenvalue weighted by molar-refractivity contribution is 5.89. The summed E-state index contributed by atoms with van der Waals surface area (Å²) in [5.41, 5.74) is 7.13. The van der Waals surface area contributed by atoms with Crippen molar-refractivity contribution < 1.29 is 9.13 Å². The Morgan fingerprint density at radius 1 is 1.21 bits per heavy atom. The van der Waals surface area contributed by atoms with E-state index in [1.807, 2.05) is 6.07 Å². The van der Waals surface area contributed by atoms with E-state index in [1.165, 1.54) is 27.8 Å². The maximum absolute atomic E-state index is 12.7. The molecule has 0 spiro atoms. The number of aryl methyl sites for hydroxylation is 1. The molecule has 5 rings (SSSR count). The van der Waals surface area contributed by atoms with E-state index in [0.717, 1.165) is 50.1 Å². The number of fused-ring (bicyclic) bond motifs is 2. The van der Waals surface area contributed by atoms with E-state index in [1.54, 1.807) is 7.11 Å². The zero-order valence-electron chi connectivity index (χ0n) is 16.7. The Hall–Kier alpha value is -2.66. The molecule has 5 heteroatoms. The first-order chi connectivity index (χ1) is 14.2. The third-order valence-corrected chi connectivity index (χ3v) is 6.05. The predicted octanol–water partition coefficient (Wildman–Crippen LogP) is 4.74. The summed E-state index contributed by atoms with van der Waals surface area (Å²) in [5, 5.41) is 1.22. The fraction of sp³-hybridized carbons (Fsp3) is 0.375. The van der Waals surface area contributed by atoms with Crippen molar-refractivity contribution in [3.63, 3.8) is 0 Å². The van der Waals surface area contributed by atoms with Gasteiger partial charge in [-0.2, -0.15) is 0 Å². The van der Waals surface area contributed by atoms with E-state index in [4.69, 9.17) is 9.72 Å². The summed E-state index contributed by atoms with van der Waals surface area (Å²) in [6.45, 7) is 2.37. The molecule has 2 aliphatic rings. The lowest BCUT2D eigenvalue weighted by Crippen LogP contribution is -2.46. The summed E-state index contributed by atoms with van der Waals surface area (Å²) >= 11 is 0. The molecule has 0 saturated carbocycles. The Morgan fingerprint density at radius 2 is 2.10 bits per heavy atom. The molecule has 1 aliphatic heterocycles. The fourth-order valence-corrected chi connectivity index (χ4v) is 4.52. The number of aromatic nitrogens is 2. The molecular weight excluding hydrogens is 365 g/mol. The molecule has 150 valence electrons. The van der Waals surface area contributed by atoms with Crippen LogP contribution in [-0.2, 0) is 13.0 Å². The van der Waals surface area contributed by atoms with E-state index in [2.05, 4.69) is 46.3 Å². The van der Waals surface area contributed by atoms with Crippen molar-refractivity contribution >= 4 is 16.5 Å². The SMILES string of the molecule is COc1ccc2c(n1)CCCC=C2c1ccc2[nH]c(CN3CC(CF)C3)cc2c1. The number of hydrogen-bond donors (Lipinski definition) is 1. The standard InChI is InChI=1S/C24H26FN3O/c1-29-24-9-7-21-20(4-2-3-5-23(21)27-24)17-6-8-22-18(10-17)11-19(26-22)15-28-13-16(12-25)14-28/h4,6-11,16,26H,2-3,5,12-15H2,1H3. The van der Waals surface area contributed by atoms with Crippen molar-refractivity contribution in [2.24, 2.45) is 5.92 Å². The Bertz CT molecular complexity index is 1070. The van der Waals surface area contributed by atoms with Crippen LogP contribution in [0, 0.1) is 5.92 Å². The summed E-state index contributed by atoms with van der Waals surface area (Å²) in [7, 11) is 1.66. The summed E-state index contributed by atoms with van der Waals surface area (Å²) in [4.78, 5) is 10.5. The van der Waals surface area contributed by atoms with Crippen molar-refractivity contribution in [1.29, 1.82) is 0 Å². The Kier molecular flexibility index (Phi) is 4.84. The molecule has 4 nitrogen and oxygen atoms in total. The number of H-pyrrole nitrogens is 1. The Labute approximate surface area is 170 Å². The van der Waals surface area contributed by atoms with Crippen molar-refractivity contribution in [2.75, 3.05) is 26.9 Å². The number of pyridine rings is 1. The molecule has 1 saturated heterocycles. The number of likely N-dealkylation sites (tertiary alicyclic amines) is 1. The third-order valence-electron chi connectivity index (χ3n) is 6.05. The van der Waals surface area contributed by atoms with Gasteiger partial charge in [0.2, 0.25) is 5.88 Å². The number of nitrogens with one attached hydrogen (secondary N) is 1. The van der Waals surface area contributed by atoms with Gasteiger partial charge in [-0.15, -0.1) is 0 Å². The third kappa shape index (κ3) is 3.55. The molecule has 0 amide bonds. The Morgan fingerprint density at radius 3 is 2.93 bits per heavy atom. The first-order valence-electron chi connectivity index (χ1n) is 10.4. The zero-order valence-corrected chi connectivity index (χ0v) is 16.7. The second-order valence-electron chi connectivity index (χ2n) is 8.17. The molecule has 0 unspecified atom stereocenters. The fourth-order valence-electron chi connectivity index (χ4n) is 4.52. The van der Waals surface area contributed by atoms with Gasteiger partial charge in [0.25, 0.3) is 0 Å². The second kappa shape index (κ2) is 7.64. The lowest BCUT2D eigenvalue weighted by molar-refractivity contribution is 0.0728. The molecule has 1 aromatic carbocycles. The molecule has 1 aliphatic carbocycles. The number of allylic oxidation sites excluding steroid dienone is 1. The van der Waals surface area contributed by atoms with Crippen molar-refractivity contribution in [3.8, 4) is 5.88 Å². The Balaban J connectivity index is 1.44. The molecule has 29 heavy (non-hydrogen) atoms. The smallest absolute Gasteiger partial charge is 0.213 e. The number of aromatic amines is 1. The van der Waals surface area contributed by atoms with Gasteiger partial charge in [-0.25, -0.2) is 4.98 Å².